The van der Waals surface area contributed by atoms with Gasteiger partial charge in [-0.05, 0) is 13.3 Å². The summed E-state index contributed by atoms with van der Waals surface area (Å²) in [6, 6.07) is 0. The first-order valence-corrected chi connectivity index (χ1v) is 4.53. The molecule has 88 valence electrons. The van der Waals surface area contributed by atoms with E-state index in [0.717, 1.165) is 0 Å². The molecule has 0 bridgehead atoms. The molecule has 0 radical (unpaired) electrons. The Morgan fingerprint density at radius 1 is 1.31 bits per heavy atom. The largest absolute Gasteiger partial charge is 0.478 e. The van der Waals surface area contributed by atoms with Crippen LogP contribution in [0.2, 0.25) is 0 Å². The van der Waals surface area contributed by atoms with E-state index in [4.69, 9.17) is 5.11 Å². The van der Waals surface area contributed by atoms with Crippen LogP contribution in [0.4, 0.5) is 0 Å². The minimum absolute atomic E-state index is 0.0974. The molecule has 0 spiro atoms. The summed E-state index contributed by atoms with van der Waals surface area (Å²) < 4.78 is 4.67. The van der Waals surface area contributed by atoms with E-state index in [2.05, 4.69) is 4.74 Å². The van der Waals surface area contributed by atoms with E-state index in [1.807, 2.05) is 0 Å². The summed E-state index contributed by atoms with van der Waals surface area (Å²) in [5, 5.41) is 8.24. The van der Waals surface area contributed by atoms with Crippen LogP contribution in [0, 0.1) is 0 Å². The smallest absolute Gasteiger partial charge is 0.331 e. The fourth-order valence-electron chi connectivity index (χ4n) is 0.883. The number of carboxylic acids is 1. The van der Waals surface area contributed by atoms with Gasteiger partial charge in [0.05, 0.1) is 0 Å². The van der Waals surface area contributed by atoms with Crippen LogP contribution in [0.1, 0.15) is 19.8 Å². The highest BCUT2D eigenvalue weighted by Crippen LogP contribution is 2.03. The third-order valence-electron chi connectivity index (χ3n) is 1.62. The Kier molecular flexibility index (Phi) is 6.42. The first-order valence-electron chi connectivity index (χ1n) is 4.53. The molecule has 0 aliphatic rings. The highest BCUT2D eigenvalue weighted by atomic mass is 16.5. The molecule has 1 atom stereocenters. The number of aliphatic carboxylic acids is 1. The zero-order chi connectivity index (χ0) is 12.6. The van der Waals surface area contributed by atoms with Crippen molar-refractivity contribution in [1.82, 2.24) is 0 Å². The second-order valence-corrected chi connectivity index (χ2v) is 2.95. The second kappa shape index (κ2) is 7.33. The van der Waals surface area contributed by atoms with Gasteiger partial charge in [-0.15, -0.1) is 0 Å². The molecule has 0 aliphatic carbocycles. The topological polar surface area (TPSA) is 97.7 Å². The maximum atomic E-state index is 11.0. The van der Waals surface area contributed by atoms with Crippen LogP contribution in [-0.4, -0.2) is 35.2 Å². The zero-order valence-corrected chi connectivity index (χ0v) is 8.71. The number of hydrogen-bond donors (Lipinski definition) is 1. The maximum Gasteiger partial charge on any atom is 0.331 e. The Hall–Kier alpha value is -1.98. The summed E-state index contributed by atoms with van der Waals surface area (Å²) in [4.78, 5) is 42.2. The van der Waals surface area contributed by atoms with Crippen molar-refractivity contribution in [3.05, 3.63) is 12.2 Å². The molecular formula is C10H12O6. The van der Waals surface area contributed by atoms with E-state index in [0.29, 0.717) is 18.4 Å². The van der Waals surface area contributed by atoms with Crippen molar-refractivity contribution in [2.75, 3.05) is 0 Å². The van der Waals surface area contributed by atoms with Gasteiger partial charge in [-0.25, -0.2) is 9.59 Å². The van der Waals surface area contributed by atoms with Gasteiger partial charge in [0.15, 0.2) is 11.9 Å². The summed E-state index contributed by atoms with van der Waals surface area (Å²) in [7, 11) is 0. The van der Waals surface area contributed by atoms with Crippen molar-refractivity contribution in [1.29, 1.82) is 0 Å². The van der Waals surface area contributed by atoms with Crippen molar-refractivity contribution in [2.24, 2.45) is 0 Å². The fraction of sp³-hybridized carbons (Fsp3) is 0.400. The fourth-order valence-corrected chi connectivity index (χ4v) is 0.883. The molecule has 0 saturated carbocycles. The normalized spacial score (nSPS) is 12.1. The summed E-state index contributed by atoms with van der Waals surface area (Å²) in [6.07, 6.45) is 1.12. The van der Waals surface area contributed by atoms with Crippen molar-refractivity contribution in [2.45, 2.75) is 25.9 Å². The Balaban J connectivity index is 4.28. The molecule has 0 aromatic rings. The average Bonchev–Trinajstić information content (AvgIpc) is 2.20. The third kappa shape index (κ3) is 6.47. The molecule has 0 aromatic carbocycles. The number of ether oxygens (including phenoxy) is 1. The van der Waals surface area contributed by atoms with Gasteiger partial charge in [0.2, 0.25) is 0 Å². The predicted molar refractivity (Wildman–Crippen MR) is 52.6 cm³/mol. The number of carbonyl (C=O) groups is 4. The Labute approximate surface area is 91.9 Å². The molecule has 1 unspecified atom stereocenters. The summed E-state index contributed by atoms with van der Waals surface area (Å²) in [5.41, 5.74) is 0. The van der Waals surface area contributed by atoms with E-state index >= 15 is 0 Å². The van der Waals surface area contributed by atoms with Crippen LogP contribution in [-0.2, 0) is 23.9 Å². The monoisotopic (exact) mass is 228 g/mol. The summed E-state index contributed by atoms with van der Waals surface area (Å²) in [5.74, 6) is -2.60. The van der Waals surface area contributed by atoms with E-state index in [9.17, 15) is 19.2 Å². The van der Waals surface area contributed by atoms with Crippen LogP contribution in [0.5, 0.6) is 0 Å². The van der Waals surface area contributed by atoms with Crippen LogP contribution >= 0.6 is 0 Å². The van der Waals surface area contributed by atoms with Gasteiger partial charge >= 0.3 is 11.9 Å². The molecule has 6 nitrogen and oxygen atoms in total. The van der Waals surface area contributed by atoms with Gasteiger partial charge in [0.25, 0.3) is 0 Å². The van der Waals surface area contributed by atoms with Gasteiger partial charge in [0.1, 0.15) is 6.29 Å². The van der Waals surface area contributed by atoms with Crippen molar-refractivity contribution in [3.63, 3.8) is 0 Å². The number of ketones is 1. The standard InChI is InChI=1S/C10H12O6/c1-7(12)8(3-2-6-11)16-10(15)5-4-9(13)14/h4-6,8H,2-3H2,1H3,(H,13,14)/b5-4-. The lowest BCUT2D eigenvalue weighted by Crippen LogP contribution is -2.24. The van der Waals surface area contributed by atoms with Gasteiger partial charge in [0, 0.05) is 18.6 Å². The van der Waals surface area contributed by atoms with E-state index in [1.54, 1.807) is 0 Å². The van der Waals surface area contributed by atoms with Crippen LogP contribution in [0.3, 0.4) is 0 Å². The number of carbonyl (C=O) groups excluding carboxylic acids is 3. The second-order valence-electron chi connectivity index (χ2n) is 2.95. The molecule has 0 saturated heterocycles. The highest BCUT2D eigenvalue weighted by Gasteiger charge is 2.17. The van der Waals surface area contributed by atoms with Gasteiger partial charge in [-0.2, -0.15) is 0 Å². The minimum Gasteiger partial charge on any atom is -0.478 e. The number of Topliss-reactive ketones (excluding diaryl/α,β-unsaturated/α-hetero) is 1. The molecule has 0 fully saturated rings. The lowest BCUT2D eigenvalue weighted by atomic mass is 10.1. The molecule has 1 N–H and O–H groups in total. The molecule has 0 amide bonds. The van der Waals surface area contributed by atoms with Crippen molar-refractivity contribution in [3.8, 4) is 0 Å². The molecular weight excluding hydrogens is 216 g/mol. The minimum atomic E-state index is -1.29. The van der Waals surface area contributed by atoms with E-state index in [1.165, 1.54) is 6.92 Å². The molecule has 16 heavy (non-hydrogen) atoms. The lowest BCUT2D eigenvalue weighted by molar-refractivity contribution is -0.150. The quantitative estimate of drug-likeness (QED) is 0.377. The van der Waals surface area contributed by atoms with Crippen LogP contribution < -0.4 is 0 Å². The Morgan fingerprint density at radius 2 is 1.94 bits per heavy atom. The van der Waals surface area contributed by atoms with Crippen LogP contribution in [0.15, 0.2) is 12.2 Å². The molecule has 6 heteroatoms. The average molecular weight is 228 g/mol. The highest BCUT2D eigenvalue weighted by molar-refractivity contribution is 5.92. The first-order chi connectivity index (χ1) is 7.47. The molecule has 0 aliphatic heterocycles. The van der Waals surface area contributed by atoms with Gasteiger partial charge in [-0.1, -0.05) is 0 Å². The number of hydrogen-bond acceptors (Lipinski definition) is 5. The first kappa shape index (κ1) is 14.0. The number of aldehydes is 1. The van der Waals surface area contributed by atoms with E-state index in [-0.39, 0.29) is 18.6 Å². The number of carboxylic acid groups (broad SMARTS) is 1. The van der Waals surface area contributed by atoms with Crippen molar-refractivity contribution >= 4 is 24.0 Å². The molecule has 0 rings (SSSR count). The number of rotatable bonds is 7. The SMILES string of the molecule is CC(=O)C(CCC=O)OC(=O)/C=C\C(=O)O. The van der Waals surface area contributed by atoms with Gasteiger partial charge < -0.3 is 14.6 Å². The van der Waals surface area contributed by atoms with Crippen LogP contribution in [0.25, 0.3) is 0 Å². The number of esters is 1. The third-order valence-corrected chi connectivity index (χ3v) is 1.62. The summed E-state index contributed by atoms with van der Waals surface area (Å²) >= 11 is 0. The maximum absolute atomic E-state index is 11.0. The summed E-state index contributed by atoms with van der Waals surface area (Å²) in [6.45, 7) is 1.23. The lowest BCUT2D eigenvalue weighted by Gasteiger charge is -2.11. The predicted octanol–water partition coefficient (Wildman–Crippen LogP) is 0.107. The molecule has 0 heterocycles. The molecule has 0 aromatic heterocycles. The van der Waals surface area contributed by atoms with Crippen molar-refractivity contribution < 1.29 is 29.0 Å². The van der Waals surface area contributed by atoms with E-state index < -0.39 is 18.0 Å². The Bertz CT molecular complexity index is 317. The van der Waals surface area contributed by atoms with Gasteiger partial charge in [-0.3, -0.25) is 4.79 Å². The zero-order valence-electron chi connectivity index (χ0n) is 8.71. The Morgan fingerprint density at radius 3 is 2.38 bits per heavy atom.